The van der Waals surface area contributed by atoms with Crippen molar-refractivity contribution in [3.05, 3.63) is 18.3 Å². The molecule has 0 atom stereocenters. The average Bonchev–Trinajstić information content (AvgIpc) is 3.22. The molecule has 6 nitrogen and oxygen atoms in total. The Labute approximate surface area is 113 Å². The summed E-state index contributed by atoms with van der Waals surface area (Å²) < 4.78 is 32.0. The predicted octanol–water partition coefficient (Wildman–Crippen LogP) is 0.828. The van der Waals surface area contributed by atoms with Crippen LogP contribution in [0.5, 0.6) is 0 Å². The lowest BCUT2D eigenvalue weighted by molar-refractivity contribution is 0.129. The number of sulfonamides is 1. The second kappa shape index (κ2) is 6.31. The lowest BCUT2D eigenvalue weighted by atomic mass is 10.4. The van der Waals surface area contributed by atoms with E-state index in [9.17, 15) is 8.42 Å². The first-order chi connectivity index (χ1) is 9.13. The molecule has 2 rings (SSSR count). The summed E-state index contributed by atoms with van der Waals surface area (Å²) in [5, 5.41) is 2.83. The van der Waals surface area contributed by atoms with Crippen molar-refractivity contribution in [2.45, 2.75) is 17.9 Å². The van der Waals surface area contributed by atoms with Crippen LogP contribution in [0.2, 0.25) is 0 Å². The molecule has 106 valence electrons. The van der Waals surface area contributed by atoms with E-state index in [2.05, 4.69) is 15.0 Å². The molecule has 1 aromatic rings. The fourth-order valence-electron chi connectivity index (χ4n) is 1.65. The molecule has 0 aliphatic heterocycles. The Kier molecular flexibility index (Phi) is 4.73. The maximum atomic E-state index is 12.1. The second-order valence-electron chi connectivity index (χ2n) is 4.52. The molecule has 1 saturated carbocycles. The Hall–Kier alpha value is -1.18. The van der Waals surface area contributed by atoms with Crippen LogP contribution in [0, 0.1) is 5.92 Å². The van der Waals surface area contributed by atoms with E-state index in [4.69, 9.17) is 4.74 Å². The minimum atomic E-state index is -3.59. The molecule has 2 N–H and O–H groups in total. The summed E-state index contributed by atoms with van der Waals surface area (Å²) >= 11 is 0. The van der Waals surface area contributed by atoms with Crippen LogP contribution in [-0.2, 0) is 14.8 Å². The predicted molar refractivity (Wildman–Crippen MR) is 72.5 cm³/mol. The van der Waals surface area contributed by atoms with E-state index in [0.29, 0.717) is 18.2 Å². The number of hydrogen-bond acceptors (Lipinski definition) is 5. The maximum Gasteiger partial charge on any atom is 0.260 e. The molecule has 1 fully saturated rings. The fourth-order valence-corrected chi connectivity index (χ4v) is 2.79. The van der Waals surface area contributed by atoms with Crippen molar-refractivity contribution >= 4 is 15.7 Å². The van der Waals surface area contributed by atoms with Crippen molar-refractivity contribution in [3.8, 4) is 0 Å². The molecule has 0 unspecified atom stereocenters. The van der Waals surface area contributed by atoms with Crippen LogP contribution < -0.4 is 10.0 Å². The van der Waals surface area contributed by atoms with E-state index >= 15 is 0 Å². The van der Waals surface area contributed by atoms with Crippen LogP contribution in [0.25, 0.3) is 0 Å². The van der Waals surface area contributed by atoms with Gasteiger partial charge in [0.15, 0.2) is 5.03 Å². The zero-order valence-corrected chi connectivity index (χ0v) is 11.7. The van der Waals surface area contributed by atoms with Crippen molar-refractivity contribution in [3.63, 3.8) is 0 Å². The molecule has 1 heterocycles. The van der Waals surface area contributed by atoms with E-state index in [-0.39, 0.29) is 11.6 Å². The number of nitrogens with zero attached hydrogens (tertiary/aromatic N) is 1. The zero-order valence-electron chi connectivity index (χ0n) is 10.9. The highest BCUT2D eigenvalue weighted by Gasteiger charge is 2.22. The lowest BCUT2D eigenvalue weighted by Gasteiger charge is -2.10. The van der Waals surface area contributed by atoms with Gasteiger partial charge in [-0.1, -0.05) is 0 Å². The molecule has 0 bridgehead atoms. The Balaban J connectivity index is 1.86. The van der Waals surface area contributed by atoms with Gasteiger partial charge in [0.2, 0.25) is 0 Å². The third kappa shape index (κ3) is 4.15. The quantitative estimate of drug-likeness (QED) is 0.692. The second-order valence-corrected chi connectivity index (χ2v) is 6.20. The van der Waals surface area contributed by atoms with Gasteiger partial charge < -0.3 is 10.1 Å². The first-order valence-electron chi connectivity index (χ1n) is 6.33. The van der Waals surface area contributed by atoms with Gasteiger partial charge in [-0.3, -0.25) is 0 Å². The van der Waals surface area contributed by atoms with Gasteiger partial charge in [0.1, 0.15) is 0 Å². The minimum absolute atomic E-state index is 0.0136. The van der Waals surface area contributed by atoms with Gasteiger partial charge in [0.05, 0.1) is 12.3 Å². The van der Waals surface area contributed by atoms with Gasteiger partial charge in [0, 0.05) is 26.4 Å². The Bertz CT molecular complexity index is 515. The first kappa shape index (κ1) is 14.2. The topological polar surface area (TPSA) is 80.3 Å². The standard InChI is InChI=1S/C12H19N3O3S/c1-13-11-3-2-6-14-12(11)19(16,17)15-7-8-18-9-10-4-5-10/h2-3,6,10,13,15H,4-5,7-9H2,1H3. The molecule has 1 aliphatic rings. The number of anilines is 1. The van der Waals surface area contributed by atoms with Crippen LogP contribution in [0.1, 0.15) is 12.8 Å². The number of rotatable bonds is 8. The molecule has 1 aliphatic carbocycles. The number of nitrogens with one attached hydrogen (secondary N) is 2. The molecule has 0 aromatic carbocycles. The number of pyridine rings is 1. The van der Waals surface area contributed by atoms with Gasteiger partial charge in [-0.05, 0) is 30.9 Å². The van der Waals surface area contributed by atoms with Crippen LogP contribution in [0.3, 0.4) is 0 Å². The maximum absolute atomic E-state index is 12.1. The highest BCUT2D eigenvalue weighted by Crippen LogP contribution is 2.28. The molecular formula is C12H19N3O3S. The van der Waals surface area contributed by atoms with Gasteiger partial charge >= 0.3 is 0 Å². The zero-order chi connectivity index (χ0) is 13.7. The van der Waals surface area contributed by atoms with E-state index in [0.717, 1.165) is 6.61 Å². The highest BCUT2D eigenvalue weighted by molar-refractivity contribution is 7.89. The number of aromatic nitrogens is 1. The smallest absolute Gasteiger partial charge is 0.260 e. The summed E-state index contributed by atoms with van der Waals surface area (Å²) in [4.78, 5) is 3.90. The largest absolute Gasteiger partial charge is 0.386 e. The molecule has 0 amide bonds. The minimum Gasteiger partial charge on any atom is -0.386 e. The van der Waals surface area contributed by atoms with E-state index < -0.39 is 10.0 Å². The first-order valence-corrected chi connectivity index (χ1v) is 7.82. The Morgan fingerprint density at radius 2 is 2.26 bits per heavy atom. The van der Waals surface area contributed by atoms with Gasteiger partial charge in [-0.15, -0.1) is 0 Å². The molecule has 0 radical (unpaired) electrons. The molecule has 7 heteroatoms. The normalized spacial score (nSPS) is 15.4. The molecule has 0 spiro atoms. The van der Waals surface area contributed by atoms with E-state index in [1.165, 1.54) is 19.0 Å². The van der Waals surface area contributed by atoms with Gasteiger partial charge in [0.25, 0.3) is 10.0 Å². The number of ether oxygens (including phenoxy) is 1. The van der Waals surface area contributed by atoms with Crippen LogP contribution >= 0.6 is 0 Å². The lowest BCUT2D eigenvalue weighted by Crippen LogP contribution is -2.29. The van der Waals surface area contributed by atoms with Crippen molar-refractivity contribution in [2.75, 3.05) is 32.1 Å². The summed E-state index contributed by atoms with van der Waals surface area (Å²) in [5.41, 5.74) is 0.480. The van der Waals surface area contributed by atoms with Crippen molar-refractivity contribution in [1.29, 1.82) is 0 Å². The average molecular weight is 285 g/mol. The summed E-state index contributed by atoms with van der Waals surface area (Å²) in [6, 6.07) is 3.36. The van der Waals surface area contributed by atoms with Crippen LogP contribution in [0.4, 0.5) is 5.69 Å². The summed E-state index contributed by atoms with van der Waals surface area (Å²) in [6.07, 6.45) is 3.91. The monoisotopic (exact) mass is 285 g/mol. The van der Waals surface area contributed by atoms with Crippen molar-refractivity contribution in [2.24, 2.45) is 5.92 Å². The third-order valence-corrected chi connectivity index (χ3v) is 4.30. The SMILES string of the molecule is CNc1cccnc1S(=O)(=O)NCCOCC1CC1. The Morgan fingerprint density at radius 3 is 2.95 bits per heavy atom. The van der Waals surface area contributed by atoms with Crippen LogP contribution in [0.15, 0.2) is 23.4 Å². The van der Waals surface area contributed by atoms with E-state index in [1.54, 1.807) is 19.2 Å². The summed E-state index contributed by atoms with van der Waals surface area (Å²) in [6.45, 7) is 1.37. The van der Waals surface area contributed by atoms with E-state index in [1.807, 2.05) is 0 Å². The highest BCUT2D eigenvalue weighted by atomic mass is 32.2. The fraction of sp³-hybridized carbons (Fsp3) is 0.583. The summed E-state index contributed by atoms with van der Waals surface area (Å²) in [5.74, 6) is 0.684. The molecule has 0 saturated heterocycles. The van der Waals surface area contributed by atoms with Crippen molar-refractivity contribution < 1.29 is 13.2 Å². The van der Waals surface area contributed by atoms with Crippen LogP contribution in [-0.4, -0.2) is 40.2 Å². The Morgan fingerprint density at radius 1 is 1.47 bits per heavy atom. The molecule has 19 heavy (non-hydrogen) atoms. The van der Waals surface area contributed by atoms with Gasteiger partial charge in [-0.25, -0.2) is 18.1 Å². The number of hydrogen-bond donors (Lipinski definition) is 2. The van der Waals surface area contributed by atoms with Gasteiger partial charge in [-0.2, -0.15) is 0 Å². The summed E-state index contributed by atoms with van der Waals surface area (Å²) in [7, 11) is -1.93. The molecular weight excluding hydrogens is 266 g/mol. The third-order valence-electron chi connectivity index (χ3n) is 2.88. The van der Waals surface area contributed by atoms with Crippen molar-refractivity contribution in [1.82, 2.24) is 9.71 Å². The molecule has 1 aromatic heterocycles.